The molecule has 0 saturated carbocycles. The first-order valence-corrected chi connectivity index (χ1v) is 6.30. The molecule has 0 bridgehead atoms. The Morgan fingerprint density at radius 2 is 2.22 bits per heavy atom. The Labute approximate surface area is 107 Å². The Kier molecular flexibility index (Phi) is 5.40. The van der Waals surface area contributed by atoms with Crippen molar-refractivity contribution in [2.24, 2.45) is 5.92 Å². The standard InChI is InChI=1S/C12H22N2O4/c1-4-9(2)7-13(3)12(17)14-5-6-18-10(8-14)11(15)16/h9-10H,4-8H2,1-3H3,(H,15,16). The molecule has 0 aromatic rings. The van der Waals surface area contributed by atoms with Crippen molar-refractivity contribution in [2.45, 2.75) is 26.4 Å². The molecule has 0 aromatic heterocycles. The number of rotatable bonds is 4. The lowest BCUT2D eigenvalue weighted by molar-refractivity contribution is -0.154. The molecule has 0 aliphatic carbocycles. The van der Waals surface area contributed by atoms with Crippen molar-refractivity contribution in [3.8, 4) is 0 Å². The lowest BCUT2D eigenvalue weighted by Gasteiger charge is -2.34. The number of morpholine rings is 1. The van der Waals surface area contributed by atoms with Gasteiger partial charge < -0.3 is 19.6 Å². The zero-order valence-electron chi connectivity index (χ0n) is 11.3. The molecule has 1 saturated heterocycles. The molecular weight excluding hydrogens is 236 g/mol. The fraction of sp³-hybridized carbons (Fsp3) is 0.833. The summed E-state index contributed by atoms with van der Waals surface area (Å²) in [4.78, 5) is 26.2. The van der Waals surface area contributed by atoms with E-state index in [9.17, 15) is 9.59 Å². The molecule has 0 spiro atoms. The molecule has 1 aliphatic heterocycles. The lowest BCUT2D eigenvalue weighted by Crippen LogP contribution is -2.52. The molecule has 6 heteroatoms. The first kappa shape index (κ1) is 14.8. The Morgan fingerprint density at radius 1 is 1.56 bits per heavy atom. The monoisotopic (exact) mass is 258 g/mol. The number of carboxylic acids is 1. The first-order valence-electron chi connectivity index (χ1n) is 6.30. The minimum absolute atomic E-state index is 0.121. The van der Waals surface area contributed by atoms with Gasteiger partial charge in [-0.15, -0.1) is 0 Å². The van der Waals surface area contributed by atoms with Crippen LogP contribution in [0.2, 0.25) is 0 Å². The van der Waals surface area contributed by atoms with E-state index in [1.54, 1.807) is 16.8 Å². The molecule has 1 N–H and O–H groups in total. The van der Waals surface area contributed by atoms with Crippen LogP contribution in [0.15, 0.2) is 0 Å². The third-order valence-electron chi connectivity index (χ3n) is 3.22. The maximum atomic E-state index is 12.1. The number of amides is 2. The molecule has 1 rings (SSSR count). The smallest absolute Gasteiger partial charge is 0.334 e. The van der Waals surface area contributed by atoms with Crippen LogP contribution in [0, 0.1) is 5.92 Å². The van der Waals surface area contributed by atoms with Gasteiger partial charge in [0.1, 0.15) is 0 Å². The highest BCUT2D eigenvalue weighted by Gasteiger charge is 2.30. The fourth-order valence-electron chi connectivity index (χ4n) is 1.89. The van der Waals surface area contributed by atoms with E-state index in [0.717, 1.165) is 6.42 Å². The van der Waals surface area contributed by atoms with Gasteiger partial charge in [-0.25, -0.2) is 9.59 Å². The number of urea groups is 1. The van der Waals surface area contributed by atoms with E-state index in [4.69, 9.17) is 9.84 Å². The normalized spacial score (nSPS) is 21.5. The maximum Gasteiger partial charge on any atom is 0.334 e. The predicted molar refractivity (Wildman–Crippen MR) is 66.4 cm³/mol. The van der Waals surface area contributed by atoms with Crippen LogP contribution in [0.4, 0.5) is 4.79 Å². The number of carboxylic acid groups (broad SMARTS) is 1. The maximum absolute atomic E-state index is 12.1. The fourth-order valence-corrected chi connectivity index (χ4v) is 1.89. The zero-order valence-corrected chi connectivity index (χ0v) is 11.3. The summed E-state index contributed by atoms with van der Waals surface area (Å²) in [6.45, 7) is 5.71. The summed E-state index contributed by atoms with van der Waals surface area (Å²) < 4.78 is 5.09. The highest BCUT2D eigenvalue weighted by molar-refractivity contribution is 5.77. The van der Waals surface area contributed by atoms with E-state index in [0.29, 0.717) is 19.0 Å². The number of aliphatic carboxylic acids is 1. The van der Waals surface area contributed by atoms with Crippen LogP contribution in [0.1, 0.15) is 20.3 Å². The number of carbonyl (C=O) groups is 2. The van der Waals surface area contributed by atoms with Gasteiger partial charge in [0.05, 0.1) is 13.2 Å². The van der Waals surface area contributed by atoms with E-state index >= 15 is 0 Å². The number of nitrogens with zero attached hydrogens (tertiary/aromatic N) is 2. The average Bonchev–Trinajstić information content (AvgIpc) is 2.37. The Hall–Kier alpha value is -1.30. The van der Waals surface area contributed by atoms with E-state index in [1.165, 1.54) is 0 Å². The molecular formula is C12H22N2O4. The van der Waals surface area contributed by atoms with E-state index < -0.39 is 12.1 Å². The van der Waals surface area contributed by atoms with Crippen molar-refractivity contribution in [2.75, 3.05) is 33.3 Å². The summed E-state index contributed by atoms with van der Waals surface area (Å²) in [6.07, 6.45) is 0.109. The second kappa shape index (κ2) is 6.58. The number of ether oxygens (including phenoxy) is 1. The molecule has 0 radical (unpaired) electrons. The highest BCUT2D eigenvalue weighted by atomic mass is 16.5. The lowest BCUT2D eigenvalue weighted by atomic mass is 10.1. The van der Waals surface area contributed by atoms with Crippen molar-refractivity contribution in [1.82, 2.24) is 9.80 Å². The third kappa shape index (κ3) is 3.87. The van der Waals surface area contributed by atoms with Crippen molar-refractivity contribution in [3.05, 3.63) is 0 Å². The van der Waals surface area contributed by atoms with Crippen LogP contribution in [0.3, 0.4) is 0 Å². The zero-order chi connectivity index (χ0) is 13.7. The van der Waals surface area contributed by atoms with E-state index in [-0.39, 0.29) is 19.2 Å². The molecule has 1 heterocycles. The summed E-state index contributed by atoms with van der Waals surface area (Å²) in [5, 5.41) is 8.88. The minimum Gasteiger partial charge on any atom is -0.479 e. The number of hydrogen-bond donors (Lipinski definition) is 1. The SMILES string of the molecule is CCC(C)CN(C)C(=O)N1CCOC(C(=O)O)C1. The minimum atomic E-state index is -1.02. The Bertz CT molecular complexity index is 308. The van der Waals surface area contributed by atoms with Crippen molar-refractivity contribution >= 4 is 12.0 Å². The van der Waals surface area contributed by atoms with Crippen molar-refractivity contribution in [1.29, 1.82) is 0 Å². The van der Waals surface area contributed by atoms with Crippen molar-refractivity contribution < 1.29 is 19.4 Å². The third-order valence-corrected chi connectivity index (χ3v) is 3.22. The number of carbonyl (C=O) groups excluding carboxylic acids is 1. The summed E-state index contributed by atoms with van der Waals surface area (Å²) >= 11 is 0. The predicted octanol–water partition coefficient (Wildman–Crippen LogP) is 0.870. The molecule has 104 valence electrons. The number of hydrogen-bond acceptors (Lipinski definition) is 3. The van der Waals surface area contributed by atoms with Gasteiger partial charge in [0.25, 0.3) is 0 Å². The Morgan fingerprint density at radius 3 is 2.78 bits per heavy atom. The van der Waals surface area contributed by atoms with Crippen molar-refractivity contribution in [3.63, 3.8) is 0 Å². The molecule has 1 fully saturated rings. The summed E-state index contributed by atoms with van der Waals surface area (Å²) in [6, 6.07) is -0.121. The van der Waals surface area contributed by atoms with Crippen LogP contribution < -0.4 is 0 Å². The summed E-state index contributed by atoms with van der Waals surface area (Å²) in [5.41, 5.74) is 0. The molecule has 18 heavy (non-hydrogen) atoms. The van der Waals surface area contributed by atoms with Gasteiger partial charge >= 0.3 is 12.0 Å². The molecule has 2 amide bonds. The van der Waals surface area contributed by atoms with Gasteiger partial charge in [-0.2, -0.15) is 0 Å². The van der Waals surface area contributed by atoms with Gasteiger partial charge in [0, 0.05) is 20.1 Å². The molecule has 2 unspecified atom stereocenters. The second-order valence-electron chi connectivity index (χ2n) is 4.82. The van der Waals surface area contributed by atoms with Gasteiger partial charge in [-0.3, -0.25) is 0 Å². The quantitative estimate of drug-likeness (QED) is 0.812. The van der Waals surface area contributed by atoms with Crippen LogP contribution in [-0.4, -0.2) is 66.3 Å². The largest absolute Gasteiger partial charge is 0.479 e. The highest BCUT2D eigenvalue weighted by Crippen LogP contribution is 2.10. The van der Waals surface area contributed by atoms with Gasteiger partial charge in [-0.05, 0) is 5.92 Å². The van der Waals surface area contributed by atoms with Gasteiger partial charge in [0.2, 0.25) is 0 Å². The summed E-state index contributed by atoms with van der Waals surface area (Å²) in [7, 11) is 1.75. The van der Waals surface area contributed by atoms with Gasteiger partial charge in [-0.1, -0.05) is 20.3 Å². The van der Waals surface area contributed by atoms with Gasteiger partial charge in [0.15, 0.2) is 6.10 Å². The van der Waals surface area contributed by atoms with E-state index in [1.807, 2.05) is 0 Å². The van der Waals surface area contributed by atoms with Crippen LogP contribution in [-0.2, 0) is 9.53 Å². The average molecular weight is 258 g/mol. The molecule has 0 aromatic carbocycles. The van der Waals surface area contributed by atoms with Crippen LogP contribution in [0.25, 0.3) is 0 Å². The van der Waals surface area contributed by atoms with Crippen LogP contribution >= 0.6 is 0 Å². The van der Waals surface area contributed by atoms with E-state index in [2.05, 4.69) is 13.8 Å². The summed E-state index contributed by atoms with van der Waals surface area (Å²) in [5.74, 6) is -0.577. The molecule has 1 aliphatic rings. The second-order valence-corrected chi connectivity index (χ2v) is 4.82. The Balaban J connectivity index is 2.52. The molecule has 2 atom stereocenters. The molecule has 6 nitrogen and oxygen atoms in total. The topological polar surface area (TPSA) is 70.1 Å². The first-order chi connectivity index (χ1) is 8.45. The van der Waals surface area contributed by atoms with Crippen LogP contribution in [0.5, 0.6) is 0 Å².